The summed E-state index contributed by atoms with van der Waals surface area (Å²) < 4.78 is 34.1. The summed E-state index contributed by atoms with van der Waals surface area (Å²) >= 11 is 3.02. The standard InChI is InChI=1S/C7H9BrF3N/c1-6(8,5-12)3-2-4-7(9,10)11/h2-4H2,1H3. The molecule has 0 heterocycles. The Hall–Kier alpha value is -0.240. The zero-order valence-electron chi connectivity index (χ0n) is 6.58. The molecule has 0 aromatic heterocycles. The van der Waals surface area contributed by atoms with Crippen LogP contribution in [-0.2, 0) is 0 Å². The molecule has 0 saturated carbocycles. The Labute approximate surface area is 77.7 Å². The van der Waals surface area contributed by atoms with E-state index in [-0.39, 0.29) is 12.8 Å². The molecule has 0 radical (unpaired) electrons. The van der Waals surface area contributed by atoms with Gasteiger partial charge in [-0.3, -0.25) is 0 Å². The summed E-state index contributed by atoms with van der Waals surface area (Å²) in [4.78, 5) is 0. The zero-order valence-corrected chi connectivity index (χ0v) is 8.17. The molecule has 12 heavy (non-hydrogen) atoms. The van der Waals surface area contributed by atoms with Crippen molar-refractivity contribution in [1.82, 2.24) is 0 Å². The van der Waals surface area contributed by atoms with Gasteiger partial charge >= 0.3 is 6.18 Å². The molecule has 5 heteroatoms. The van der Waals surface area contributed by atoms with Gasteiger partial charge < -0.3 is 0 Å². The maximum Gasteiger partial charge on any atom is 0.389 e. The average Bonchev–Trinajstić information content (AvgIpc) is 1.84. The molecule has 0 aliphatic carbocycles. The Balaban J connectivity index is 3.66. The molecule has 0 amide bonds. The van der Waals surface area contributed by atoms with Crippen molar-refractivity contribution in [1.29, 1.82) is 5.26 Å². The largest absolute Gasteiger partial charge is 0.389 e. The quantitative estimate of drug-likeness (QED) is 0.698. The van der Waals surface area contributed by atoms with Gasteiger partial charge in [0.05, 0.1) is 6.07 Å². The van der Waals surface area contributed by atoms with Crippen molar-refractivity contribution in [3.05, 3.63) is 0 Å². The fraction of sp³-hybridized carbons (Fsp3) is 0.857. The summed E-state index contributed by atoms with van der Waals surface area (Å²) in [6, 6.07) is 1.88. The van der Waals surface area contributed by atoms with Crippen LogP contribution in [0.15, 0.2) is 0 Å². The molecule has 1 atom stereocenters. The van der Waals surface area contributed by atoms with Gasteiger partial charge in [-0.05, 0) is 19.8 Å². The van der Waals surface area contributed by atoms with Crippen molar-refractivity contribution in [3.8, 4) is 6.07 Å². The Morgan fingerprint density at radius 1 is 1.33 bits per heavy atom. The lowest BCUT2D eigenvalue weighted by atomic mass is 10.1. The highest BCUT2D eigenvalue weighted by atomic mass is 79.9. The van der Waals surface area contributed by atoms with Crippen LogP contribution in [0.5, 0.6) is 0 Å². The fourth-order valence-electron chi connectivity index (χ4n) is 0.677. The molecule has 1 nitrogen and oxygen atoms in total. The number of halogens is 4. The summed E-state index contributed by atoms with van der Waals surface area (Å²) in [5.74, 6) is 0. The fourth-order valence-corrected chi connectivity index (χ4v) is 0.957. The maximum atomic E-state index is 11.6. The van der Waals surface area contributed by atoms with Crippen LogP contribution in [0.25, 0.3) is 0 Å². The van der Waals surface area contributed by atoms with Gasteiger partial charge in [-0.2, -0.15) is 18.4 Å². The van der Waals surface area contributed by atoms with E-state index in [1.54, 1.807) is 6.92 Å². The van der Waals surface area contributed by atoms with E-state index in [0.717, 1.165) is 0 Å². The minimum Gasteiger partial charge on any atom is -0.197 e. The van der Waals surface area contributed by atoms with E-state index >= 15 is 0 Å². The third-order valence-electron chi connectivity index (χ3n) is 1.34. The lowest BCUT2D eigenvalue weighted by molar-refractivity contribution is -0.135. The monoisotopic (exact) mass is 243 g/mol. The van der Waals surface area contributed by atoms with Crippen LogP contribution in [0, 0.1) is 11.3 Å². The molecule has 0 aliphatic rings. The summed E-state index contributed by atoms with van der Waals surface area (Å²) in [6.45, 7) is 1.56. The van der Waals surface area contributed by atoms with Crippen molar-refractivity contribution in [2.24, 2.45) is 0 Å². The van der Waals surface area contributed by atoms with Crippen molar-refractivity contribution in [3.63, 3.8) is 0 Å². The molecule has 1 unspecified atom stereocenters. The second-order valence-electron chi connectivity index (χ2n) is 2.78. The Morgan fingerprint density at radius 3 is 2.17 bits per heavy atom. The Bertz CT molecular complexity index is 180. The number of hydrogen-bond acceptors (Lipinski definition) is 1. The summed E-state index contributed by atoms with van der Waals surface area (Å²) in [5, 5.41) is 8.45. The topological polar surface area (TPSA) is 23.8 Å². The third-order valence-corrected chi connectivity index (χ3v) is 1.91. The summed E-state index contributed by atoms with van der Waals surface area (Å²) in [5.41, 5.74) is 0. The van der Waals surface area contributed by atoms with Gasteiger partial charge in [-0.15, -0.1) is 0 Å². The number of alkyl halides is 4. The molecule has 0 saturated heterocycles. The van der Waals surface area contributed by atoms with Crippen LogP contribution in [0.1, 0.15) is 26.2 Å². The van der Waals surface area contributed by atoms with Crippen LogP contribution in [0.3, 0.4) is 0 Å². The molecule has 0 rings (SSSR count). The molecular formula is C7H9BrF3N. The predicted molar refractivity (Wildman–Crippen MR) is 42.9 cm³/mol. The van der Waals surface area contributed by atoms with Crippen LogP contribution in [-0.4, -0.2) is 10.5 Å². The molecule has 0 aliphatic heterocycles. The first-order valence-electron chi connectivity index (χ1n) is 3.44. The molecular weight excluding hydrogens is 235 g/mol. The van der Waals surface area contributed by atoms with Crippen LogP contribution in [0.4, 0.5) is 13.2 Å². The highest BCUT2D eigenvalue weighted by Gasteiger charge is 2.28. The minimum absolute atomic E-state index is 0.0151. The molecule has 0 spiro atoms. The van der Waals surface area contributed by atoms with E-state index in [2.05, 4.69) is 15.9 Å². The minimum atomic E-state index is -4.11. The Kier molecular flexibility index (Phi) is 4.04. The molecule has 0 N–H and O–H groups in total. The van der Waals surface area contributed by atoms with Gasteiger partial charge in [0.2, 0.25) is 0 Å². The second kappa shape index (κ2) is 4.13. The van der Waals surface area contributed by atoms with Crippen LogP contribution < -0.4 is 0 Å². The summed E-state index contributed by atoms with van der Waals surface area (Å²) in [6.07, 6.45) is -4.74. The SMILES string of the molecule is CC(Br)(C#N)CCCC(F)(F)F. The van der Waals surface area contributed by atoms with Crippen molar-refractivity contribution in [2.75, 3.05) is 0 Å². The van der Waals surface area contributed by atoms with Crippen molar-refractivity contribution in [2.45, 2.75) is 36.7 Å². The third kappa shape index (κ3) is 6.47. The molecule has 0 fully saturated rings. The average molecular weight is 244 g/mol. The molecule has 0 aromatic rings. The van der Waals surface area contributed by atoms with Gasteiger partial charge in [-0.1, -0.05) is 15.9 Å². The van der Waals surface area contributed by atoms with Gasteiger partial charge in [0.25, 0.3) is 0 Å². The van der Waals surface area contributed by atoms with Gasteiger partial charge in [0.1, 0.15) is 4.32 Å². The van der Waals surface area contributed by atoms with E-state index < -0.39 is 16.9 Å². The number of nitrogens with zero attached hydrogens (tertiary/aromatic N) is 1. The lowest BCUT2D eigenvalue weighted by Gasteiger charge is -2.13. The first kappa shape index (κ1) is 11.8. The van der Waals surface area contributed by atoms with Gasteiger partial charge in [0.15, 0.2) is 0 Å². The van der Waals surface area contributed by atoms with Gasteiger partial charge in [-0.25, -0.2) is 0 Å². The van der Waals surface area contributed by atoms with Crippen LogP contribution in [0.2, 0.25) is 0 Å². The Morgan fingerprint density at radius 2 is 1.83 bits per heavy atom. The molecule has 70 valence electrons. The van der Waals surface area contributed by atoms with Crippen molar-refractivity contribution < 1.29 is 13.2 Å². The first-order valence-corrected chi connectivity index (χ1v) is 4.23. The van der Waals surface area contributed by atoms with E-state index in [1.165, 1.54) is 0 Å². The smallest absolute Gasteiger partial charge is 0.197 e. The summed E-state index contributed by atoms with van der Waals surface area (Å²) in [7, 11) is 0. The number of nitriles is 1. The number of rotatable bonds is 3. The van der Waals surface area contributed by atoms with Crippen LogP contribution >= 0.6 is 15.9 Å². The zero-order chi connectivity index (χ0) is 9.83. The van der Waals surface area contributed by atoms with E-state index in [9.17, 15) is 13.2 Å². The predicted octanol–water partition coefficient (Wildman–Crippen LogP) is 3.40. The van der Waals surface area contributed by atoms with E-state index in [4.69, 9.17) is 5.26 Å². The highest BCUT2D eigenvalue weighted by molar-refractivity contribution is 9.10. The normalized spacial score (nSPS) is 16.7. The van der Waals surface area contributed by atoms with E-state index in [1.807, 2.05) is 6.07 Å². The molecule has 0 bridgehead atoms. The first-order chi connectivity index (χ1) is 5.27. The lowest BCUT2D eigenvalue weighted by Crippen LogP contribution is -2.14. The number of hydrogen-bond donors (Lipinski definition) is 0. The van der Waals surface area contributed by atoms with Crippen molar-refractivity contribution >= 4 is 15.9 Å². The molecule has 0 aromatic carbocycles. The van der Waals surface area contributed by atoms with E-state index in [0.29, 0.717) is 0 Å². The second-order valence-corrected chi connectivity index (χ2v) is 4.53. The highest BCUT2D eigenvalue weighted by Crippen LogP contribution is 2.28. The van der Waals surface area contributed by atoms with Gasteiger partial charge in [0, 0.05) is 6.42 Å². The maximum absolute atomic E-state index is 11.6.